The molecule has 2 rings (SSSR count). The predicted octanol–water partition coefficient (Wildman–Crippen LogP) is 5.40. The SMILES string of the molecule is CC1CCCC(Oc2ccc(CCl)cc2C(F)(F)F)C1. The number of halogens is 4. The van der Waals surface area contributed by atoms with Gasteiger partial charge in [0.25, 0.3) is 0 Å². The zero-order chi connectivity index (χ0) is 14.8. The average Bonchev–Trinajstić information content (AvgIpc) is 2.38. The van der Waals surface area contributed by atoms with Crippen LogP contribution in [0.15, 0.2) is 18.2 Å². The quantitative estimate of drug-likeness (QED) is 0.679. The van der Waals surface area contributed by atoms with Gasteiger partial charge in [0.15, 0.2) is 0 Å². The van der Waals surface area contributed by atoms with E-state index in [0.717, 1.165) is 31.7 Å². The van der Waals surface area contributed by atoms with Gasteiger partial charge in [0.2, 0.25) is 0 Å². The lowest BCUT2D eigenvalue weighted by Crippen LogP contribution is -2.25. The molecule has 1 fully saturated rings. The van der Waals surface area contributed by atoms with Gasteiger partial charge in [-0.25, -0.2) is 0 Å². The van der Waals surface area contributed by atoms with Gasteiger partial charge in [-0.1, -0.05) is 19.4 Å². The maximum Gasteiger partial charge on any atom is 0.419 e. The van der Waals surface area contributed by atoms with E-state index in [1.807, 2.05) is 0 Å². The smallest absolute Gasteiger partial charge is 0.419 e. The third kappa shape index (κ3) is 3.81. The van der Waals surface area contributed by atoms with Gasteiger partial charge >= 0.3 is 6.18 Å². The number of hydrogen-bond donors (Lipinski definition) is 0. The van der Waals surface area contributed by atoms with Crippen LogP contribution in [0.1, 0.15) is 43.7 Å². The molecule has 0 N–H and O–H groups in total. The molecular formula is C15H18ClF3O. The van der Waals surface area contributed by atoms with Gasteiger partial charge in [-0.3, -0.25) is 0 Å². The molecule has 0 radical (unpaired) electrons. The van der Waals surface area contributed by atoms with Crippen molar-refractivity contribution in [2.75, 3.05) is 0 Å². The molecule has 0 amide bonds. The van der Waals surface area contributed by atoms with Gasteiger partial charge in [-0.05, 0) is 42.9 Å². The Morgan fingerprint density at radius 1 is 1.30 bits per heavy atom. The molecule has 0 saturated heterocycles. The fourth-order valence-corrected chi connectivity index (χ4v) is 2.82. The first-order chi connectivity index (χ1) is 9.40. The molecule has 1 aliphatic carbocycles. The molecular weight excluding hydrogens is 289 g/mol. The van der Waals surface area contributed by atoms with Crippen LogP contribution in [0, 0.1) is 5.92 Å². The van der Waals surface area contributed by atoms with E-state index in [9.17, 15) is 13.2 Å². The number of hydrogen-bond acceptors (Lipinski definition) is 1. The van der Waals surface area contributed by atoms with Crippen LogP contribution < -0.4 is 4.74 Å². The van der Waals surface area contributed by atoms with Gasteiger partial charge in [-0.2, -0.15) is 13.2 Å². The lowest BCUT2D eigenvalue weighted by atomic mass is 9.88. The molecule has 1 saturated carbocycles. The second-order valence-electron chi connectivity index (χ2n) is 5.47. The average molecular weight is 307 g/mol. The molecule has 1 aromatic rings. The Balaban J connectivity index is 2.22. The fourth-order valence-electron chi connectivity index (χ4n) is 2.65. The van der Waals surface area contributed by atoms with E-state index in [2.05, 4.69) is 6.92 Å². The summed E-state index contributed by atoms with van der Waals surface area (Å²) >= 11 is 5.60. The van der Waals surface area contributed by atoms with E-state index in [1.165, 1.54) is 6.07 Å². The Hall–Kier alpha value is -0.900. The molecule has 5 heteroatoms. The summed E-state index contributed by atoms with van der Waals surface area (Å²) in [7, 11) is 0. The molecule has 112 valence electrons. The van der Waals surface area contributed by atoms with Crippen molar-refractivity contribution in [1.29, 1.82) is 0 Å². The summed E-state index contributed by atoms with van der Waals surface area (Å²) in [5, 5.41) is 0. The van der Waals surface area contributed by atoms with Crippen LogP contribution in [0.25, 0.3) is 0 Å². The number of ether oxygens (including phenoxy) is 1. The number of rotatable bonds is 3. The van der Waals surface area contributed by atoms with Crippen molar-refractivity contribution in [1.82, 2.24) is 0 Å². The largest absolute Gasteiger partial charge is 0.490 e. The monoisotopic (exact) mass is 306 g/mol. The lowest BCUT2D eigenvalue weighted by Gasteiger charge is -2.28. The first-order valence-electron chi connectivity index (χ1n) is 6.83. The van der Waals surface area contributed by atoms with Crippen LogP contribution in [0.5, 0.6) is 5.75 Å². The van der Waals surface area contributed by atoms with Crippen molar-refractivity contribution < 1.29 is 17.9 Å². The summed E-state index contributed by atoms with van der Waals surface area (Å²) < 4.78 is 44.8. The molecule has 1 aliphatic rings. The maximum atomic E-state index is 13.1. The van der Waals surface area contributed by atoms with Crippen molar-refractivity contribution in [2.24, 2.45) is 5.92 Å². The molecule has 0 aromatic heterocycles. The molecule has 2 unspecified atom stereocenters. The van der Waals surface area contributed by atoms with E-state index in [4.69, 9.17) is 16.3 Å². The van der Waals surface area contributed by atoms with Crippen LogP contribution in [-0.4, -0.2) is 6.10 Å². The van der Waals surface area contributed by atoms with Crippen molar-refractivity contribution in [3.63, 3.8) is 0 Å². The second kappa shape index (κ2) is 6.25. The maximum absolute atomic E-state index is 13.1. The Labute approximate surface area is 122 Å². The Morgan fingerprint density at radius 2 is 2.05 bits per heavy atom. The highest BCUT2D eigenvalue weighted by Crippen LogP contribution is 2.38. The Morgan fingerprint density at radius 3 is 2.65 bits per heavy atom. The van der Waals surface area contributed by atoms with Crippen molar-refractivity contribution in [2.45, 2.75) is 50.8 Å². The van der Waals surface area contributed by atoms with Gasteiger partial charge in [-0.15, -0.1) is 11.6 Å². The first kappa shape index (κ1) is 15.5. The van der Waals surface area contributed by atoms with Gasteiger partial charge < -0.3 is 4.74 Å². The summed E-state index contributed by atoms with van der Waals surface area (Å²) in [5.41, 5.74) is -0.280. The molecule has 20 heavy (non-hydrogen) atoms. The zero-order valence-corrected chi connectivity index (χ0v) is 12.1. The van der Waals surface area contributed by atoms with Crippen molar-refractivity contribution >= 4 is 11.6 Å². The van der Waals surface area contributed by atoms with Crippen molar-refractivity contribution in [3.8, 4) is 5.75 Å². The van der Waals surface area contributed by atoms with Crippen LogP contribution >= 0.6 is 11.6 Å². The minimum absolute atomic E-state index is 0.0593. The number of benzene rings is 1. The van der Waals surface area contributed by atoms with Crippen LogP contribution in [0.2, 0.25) is 0 Å². The highest BCUT2D eigenvalue weighted by molar-refractivity contribution is 6.17. The minimum Gasteiger partial charge on any atom is -0.490 e. The van der Waals surface area contributed by atoms with Crippen molar-refractivity contribution in [3.05, 3.63) is 29.3 Å². The van der Waals surface area contributed by atoms with Gasteiger partial charge in [0.05, 0.1) is 11.7 Å². The Kier molecular flexibility index (Phi) is 4.84. The summed E-state index contributed by atoms with van der Waals surface area (Å²) in [4.78, 5) is 0. The third-order valence-corrected chi connectivity index (χ3v) is 3.99. The van der Waals surface area contributed by atoms with Gasteiger partial charge in [0, 0.05) is 5.88 Å². The summed E-state index contributed by atoms with van der Waals surface area (Å²) in [6.07, 6.45) is -0.781. The minimum atomic E-state index is -4.42. The Bertz CT molecular complexity index is 459. The molecule has 0 spiro atoms. The van der Waals surface area contributed by atoms with Crippen LogP contribution in [-0.2, 0) is 12.1 Å². The van der Waals surface area contributed by atoms with E-state index in [-0.39, 0.29) is 17.7 Å². The standard InChI is InChI=1S/C15H18ClF3O/c1-10-3-2-4-12(7-10)20-14-6-5-11(9-16)8-13(14)15(17,18)19/h5-6,8,10,12H,2-4,7,9H2,1H3. The molecule has 1 nitrogen and oxygen atoms in total. The summed E-state index contributed by atoms with van der Waals surface area (Å²) in [6.45, 7) is 2.11. The zero-order valence-electron chi connectivity index (χ0n) is 11.3. The van der Waals surface area contributed by atoms with E-state index < -0.39 is 11.7 Å². The van der Waals surface area contributed by atoms with Gasteiger partial charge in [0.1, 0.15) is 5.75 Å². The summed E-state index contributed by atoms with van der Waals surface area (Å²) in [5.74, 6) is 0.486. The molecule has 0 aliphatic heterocycles. The lowest BCUT2D eigenvalue weighted by molar-refractivity contribution is -0.139. The van der Waals surface area contributed by atoms with E-state index in [0.29, 0.717) is 11.5 Å². The molecule has 2 atom stereocenters. The normalized spacial score (nSPS) is 23.6. The van der Waals surface area contributed by atoms with E-state index in [1.54, 1.807) is 6.07 Å². The molecule has 0 heterocycles. The second-order valence-corrected chi connectivity index (χ2v) is 5.74. The predicted molar refractivity (Wildman–Crippen MR) is 73.0 cm³/mol. The molecule has 1 aromatic carbocycles. The van der Waals surface area contributed by atoms with Crippen LogP contribution in [0.3, 0.4) is 0 Å². The fraction of sp³-hybridized carbons (Fsp3) is 0.600. The summed E-state index contributed by atoms with van der Waals surface area (Å²) in [6, 6.07) is 4.05. The number of alkyl halides is 4. The topological polar surface area (TPSA) is 9.23 Å². The van der Waals surface area contributed by atoms with E-state index >= 15 is 0 Å². The van der Waals surface area contributed by atoms with Crippen LogP contribution in [0.4, 0.5) is 13.2 Å². The molecule has 0 bridgehead atoms. The third-order valence-electron chi connectivity index (χ3n) is 3.69. The first-order valence-corrected chi connectivity index (χ1v) is 7.36. The highest BCUT2D eigenvalue weighted by atomic mass is 35.5. The highest BCUT2D eigenvalue weighted by Gasteiger charge is 2.35.